The zero-order chi connectivity index (χ0) is 14.0. The van der Waals surface area contributed by atoms with E-state index in [1.807, 2.05) is 25.1 Å². The van der Waals surface area contributed by atoms with Crippen LogP contribution in [0.1, 0.15) is 23.4 Å². The van der Waals surface area contributed by atoms with Gasteiger partial charge in [0, 0.05) is 15.6 Å². The fraction of sp³-hybridized carbons (Fsp3) is 0.231. The van der Waals surface area contributed by atoms with E-state index in [2.05, 4.69) is 15.9 Å². The van der Waals surface area contributed by atoms with Crippen LogP contribution < -0.4 is 4.74 Å². The van der Waals surface area contributed by atoms with Crippen LogP contribution in [0.25, 0.3) is 0 Å². The standard InChI is InChI=1S/C13H10BrCl3OS/c1-2-18-10-4-3-7(14)5-8(10)12(16)9-6-11(15)19-13(9)17/h3-6,12H,2H2,1H3. The summed E-state index contributed by atoms with van der Waals surface area (Å²) in [6, 6.07) is 7.54. The monoisotopic (exact) mass is 398 g/mol. The van der Waals surface area contributed by atoms with Crippen molar-refractivity contribution in [1.29, 1.82) is 0 Å². The molecule has 1 aromatic heterocycles. The molecule has 2 rings (SSSR count). The largest absolute Gasteiger partial charge is 0.494 e. The van der Waals surface area contributed by atoms with Gasteiger partial charge in [0.25, 0.3) is 0 Å². The van der Waals surface area contributed by atoms with Gasteiger partial charge in [-0.2, -0.15) is 0 Å². The summed E-state index contributed by atoms with van der Waals surface area (Å²) < 4.78 is 7.77. The van der Waals surface area contributed by atoms with E-state index in [1.54, 1.807) is 6.07 Å². The van der Waals surface area contributed by atoms with Crippen molar-refractivity contribution in [1.82, 2.24) is 0 Å². The Balaban J connectivity index is 2.45. The summed E-state index contributed by atoms with van der Waals surface area (Å²) in [5, 5.41) is -0.393. The molecule has 102 valence electrons. The molecule has 0 aliphatic heterocycles. The van der Waals surface area contributed by atoms with Crippen LogP contribution in [0.2, 0.25) is 8.67 Å². The van der Waals surface area contributed by atoms with Gasteiger partial charge in [0.2, 0.25) is 0 Å². The Labute approximate surface area is 139 Å². The minimum absolute atomic E-state index is 0.393. The molecular weight excluding hydrogens is 390 g/mol. The van der Waals surface area contributed by atoms with Crippen LogP contribution in [-0.4, -0.2) is 6.61 Å². The number of rotatable bonds is 4. The van der Waals surface area contributed by atoms with Crippen molar-refractivity contribution in [3.63, 3.8) is 0 Å². The summed E-state index contributed by atoms with van der Waals surface area (Å²) in [7, 11) is 0. The molecule has 0 radical (unpaired) electrons. The Morgan fingerprint density at radius 1 is 1.26 bits per heavy atom. The first-order chi connectivity index (χ1) is 9.02. The van der Waals surface area contributed by atoms with Crippen molar-refractivity contribution < 1.29 is 4.74 Å². The summed E-state index contributed by atoms with van der Waals surface area (Å²) in [6.07, 6.45) is 0. The number of ether oxygens (including phenoxy) is 1. The van der Waals surface area contributed by atoms with E-state index in [9.17, 15) is 0 Å². The molecule has 0 spiro atoms. The van der Waals surface area contributed by atoms with Crippen molar-refractivity contribution in [3.05, 3.63) is 48.5 Å². The second-order valence-electron chi connectivity index (χ2n) is 3.76. The minimum Gasteiger partial charge on any atom is -0.494 e. The van der Waals surface area contributed by atoms with E-state index in [0.717, 1.165) is 21.3 Å². The van der Waals surface area contributed by atoms with Gasteiger partial charge in [0.1, 0.15) is 5.75 Å². The second-order valence-corrected chi connectivity index (χ2v) is 7.39. The molecule has 0 saturated heterocycles. The van der Waals surface area contributed by atoms with Crippen molar-refractivity contribution in [2.24, 2.45) is 0 Å². The fourth-order valence-corrected chi connectivity index (χ4v) is 4.07. The molecule has 1 aromatic carbocycles. The number of halogens is 4. The highest BCUT2D eigenvalue weighted by molar-refractivity contribution is 9.10. The van der Waals surface area contributed by atoms with Gasteiger partial charge in [-0.05, 0) is 31.2 Å². The minimum atomic E-state index is -0.393. The molecule has 0 fully saturated rings. The van der Waals surface area contributed by atoms with Crippen LogP contribution >= 0.6 is 62.1 Å². The van der Waals surface area contributed by atoms with Crippen molar-refractivity contribution >= 4 is 62.1 Å². The lowest BCUT2D eigenvalue weighted by Gasteiger charge is -2.15. The maximum atomic E-state index is 6.53. The molecule has 1 unspecified atom stereocenters. The Bertz CT molecular complexity index is 585. The number of hydrogen-bond donors (Lipinski definition) is 0. The molecule has 1 nitrogen and oxygen atoms in total. The van der Waals surface area contributed by atoms with Crippen LogP contribution in [-0.2, 0) is 0 Å². The first-order valence-corrected chi connectivity index (χ1v) is 8.34. The van der Waals surface area contributed by atoms with Crippen molar-refractivity contribution in [3.8, 4) is 5.75 Å². The molecule has 0 N–H and O–H groups in total. The van der Waals surface area contributed by atoms with Gasteiger partial charge in [-0.1, -0.05) is 39.1 Å². The smallest absolute Gasteiger partial charge is 0.124 e. The van der Waals surface area contributed by atoms with Crippen LogP contribution in [0.3, 0.4) is 0 Å². The lowest BCUT2D eigenvalue weighted by Crippen LogP contribution is -2.00. The Hall–Kier alpha value is 0.0700. The third-order valence-corrected chi connectivity index (χ3v) is 4.98. The van der Waals surface area contributed by atoms with Gasteiger partial charge >= 0.3 is 0 Å². The number of alkyl halides is 1. The van der Waals surface area contributed by atoms with E-state index >= 15 is 0 Å². The number of benzene rings is 1. The summed E-state index contributed by atoms with van der Waals surface area (Å²) in [5.41, 5.74) is 1.67. The maximum absolute atomic E-state index is 6.53. The zero-order valence-corrected chi connectivity index (χ0v) is 14.6. The lowest BCUT2D eigenvalue weighted by atomic mass is 10.1. The maximum Gasteiger partial charge on any atom is 0.124 e. The predicted octanol–water partition coefficient (Wildman–Crippen LogP) is 6.54. The average molecular weight is 401 g/mol. The van der Waals surface area contributed by atoms with Gasteiger partial charge in [-0.25, -0.2) is 0 Å². The Kier molecular flexibility index (Phi) is 5.44. The van der Waals surface area contributed by atoms with E-state index in [-0.39, 0.29) is 0 Å². The van der Waals surface area contributed by atoms with Crippen molar-refractivity contribution in [2.75, 3.05) is 6.61 Å². The fourth-order valence-electron chi connectivity index (χ4n) is 1.70. The number of thiophene rings is 1. The van der Waals surface area contributed by atoms with Gasteiger partial charge in [0.05, 0.1) is 20.7 Å². The third kappa shape index (κ3) is 3.59. The summed E-state index contributed by atoms with van der Waals surface area (Å²) in [4.78, 5) is 0. The highest BCUT2D eigenvalue weighted by Gasteiger charge is 2.21. The predicted molar refractivity (Wildman–Crippen MR) is 87.3 cm³/mol. The molecule has 0 amide bonds. The molecule has 0 aliphatic carbocycles. The molecule has 0 saturated carbocycles. The molecule has 6 heteroatoms. The lowest BCUT2D eigenvalue weighted by molar-refractivity contribution is 0.337. The molecule has 0 aliphatic rings. The van der Waals surface area contributed by atoms with Crippen LogP contribution in [0, 0.1) is 0 Å². The van der Waals surface area contributed by atoms with E-state index < -0.39 is 5.38 Å². The normalized spacial score (nSPS) is 12.5. The van der Waals surface area contributed by atoms with Crippen LogP contribution in [0.15, 0.2) is 28.7 Å². The van der Waals surface area contributed by atoms with Crippen molar-refractivity contribution in [2.45, 2.75) is 12.3 Å². The first-order valence-electron chi connectivity index (χ1n) is 5.54. The van der Waals surface area contributed by atoms with E-state index in [1.165, 1.54) is 11.3 Å². The molecule has 1 heterocycles. The zero-order valence-electron chi connectivity index (χ0n) is 9.92. The molecule has 2 aromatic rings. The molecule has 0 bridgehead atoms. The van der Waals surface area contributed by atoms with Crippen LogP contribution in [0.4, 0.5) is 0 Å². The van der Waals surface area contributed by atoms with E-state index in [0.29, 0.717) is 15.3 Å². The number of hydrogen-bond acceptors (Lipinski definition) is 2. The Morgan fingerprint density at radius 3 is 2.58 bits per heavy atom. The van der Waals surface area contributed by atoms with Gasteiger partial charge < -0.3 is 4.74 Å². The van der Waals surface area contributed by atoms with Gasteiger partial charge in [-0.15, -0.1) is 22.9 Å². The van der Waals surface area contributed by atoms with Gasteiger partial charge in [-0.3, -0.25) is 0 Å². The second kappa shape index (κ2) is 6.68. The van der Waals surface area contributed by atoms with Crippen LogP contribution in [0.5, 0.6) is 5.75 Å². The third-order valence-electron chi connectivity index (χ3n) is 2.50. The molecule has 1 atom stereocenters. The van der Waals surface area contributed by atoms with E-state index in [4.69, 9.17) is 39.5 Å². The summed E-state index contributed by atoms with van der Waals surface area (Å²) in [5.74, 6) is 0.754. The van der Waals surface area contributed by atoms with Gasteiger partial charge in [0.15, 0.2) is 0 Å². The highest BCUT2D eigenvalue weighted by atomic mass is 79.9. The summed E-state index contributed by atoms with van der Waals surface area (Å²) >= 11 is 23.4. The first kappa shape index (κ1) is 15.5. The quantitative estimate of drug-likeness (QED) is 0.529. The molecular formula is C13H10BrCl3OS. The topological polar surface area (TPSA) is 9.23 Å². The SMILES string of the molecule is CCOc1ccc(Br)cc1C(Cl)c1cc(Cl)sc1Cl. The summed E-state index contributed by atoms with van der Waals surface area (Å²) in [6.45, 7) is 2.51. The highest BCUT2D eigenvalue weighted by Crippen LogP contribution is 2.43. The molecule has 19 heavy (non-hydrogen) atoms. The average Bonchev–Trinajstić information content (AvgIpc) is 2.70. The Morgan fingerprint density at radius 2 is 2.00 bits per heavy atom.